The van der Waals surface area contributed by atoms with E-state index in [2.05, 4.69) is 10.2 Å². The average molecular weight is 690 g/mol. The highest BCUT2D eigenvalue weighted by molar-refractivity contribution is 7.90. The summed E-state index contributed by atoms with van der Waals surface area (Å²) in [7, 11) is -0.417. The van der Waals surface area contributed by atoms with Crippen LogP contribution in [0.4, 0.5) is 19.3 Å². The molecule has 0 radical (unpaired) electrons. The molecule has 1 spiro atoms. The van der Waals surface area contributed by atoms with Crippen LogP contribution in [0, 0.1) is 12.3 Å². The number of hydrogen-bond acceptors (Lipinski definition) is 9. The van der Waals surface area contributed by atoms with Gasteiger partial charge in [-0.05, 0) is 87.9 Å². The molecule has 48 heavy (non-hydrogen) atoms. The third kappa shape index (κ3) is 7.62. The summed E-state index contributed by atoms with van der Waals surface area (Å²) in [5.41, 5.74) is 2.68. The number of aromatic nitrogens is 1. The van der Waals surface area contributed by atoms with Gasteiger partial charge in [0.05, 0.1) is 31.1 Å². The van der Waals surface area contributed by atoms with Crippen molar-refractivity contribution in [3.8, 4) is 5.75 Å². The van der Waals surface area contributed by atoms with E-state index in [1.54, 1.807) is 52.3 Å². The third-order valence-electron chi connectivity index (χ3n) is 9.29. The van der Waals surface area contributed by atoms with E-state index in [0.29, 0.717) is 42.9 Å². The van der Waals surface area contributed by atoms with E-state index in [9.17, 15) is 26.8 Å². The molecule has 0 amide bonds. The molecule has 10 nitrogen and oxygen atoms in total. The first-order valence-corrected chi connectivity index (χ1v) is 18.1. The number of rotatable bonds is 9. The van der Waals surface area contributed by atoms with Gasteiger partial charge in [-0.1, -0.05) is 6.07 Å². The molecule has 13 heteroatoms. The van der Waals surface area contributed by atoms with Crippen LogP contribution >= 0.6 is 0 Å². The Labute approximate surface area is 280 Å². The lowest BCUT2D eigenvalue weighted by Crippen LogP contribution is -2.53. The summed E-state index contributed by atoms with van der Waals surface area (Å²) in [5.74, 6) is -2.77. The predicted octanol–water partition coefficient (Wildman–Crippen LogP) is 6.74. The van der Waals surface area contributed by atoms with Crippen LogP contribution in [-0.2, 0) is 25.9 Å². The number of nitrogens with one attached hydrogen (secondary N) is 1. The number of ether oxygens (including phenoxy) is 3. The molecule has 2 heterocycles. The van der Waals surface area contributed by atoms with Crippen molar-refractivity contribution < 1.29 is 41.0 Å². The van der Waals surface area contributed by atoms with Crippen LogP contribution in [0.2, 0.25) is 0 Å². The fourth-order valence-corrected chi connectivity index (χ4v) is 7.70. The number of nitrogens with zero attached hydrogens (tertiary/aromatic N) is 2. The van der Waals surface area contributed by atoms with Crippen LogP contribution in [-0.4, -0.2) is 80.8 Å². The number of anilines is 1. The number of carbonyl (C=O) groups is 2. The Morgan fingerprint density at radius 1 is 1.10 bits per heavy atom. The lowest BCUT2D eigenvalue weighted by atomic mass is 9.58. The first-order chi connectivity index (χ1) is 22.3. The molecular weight excluding hydrogens is 644 g/mol. The zero-order chi connectivity index (χ0) is 35.2. The van der Waals surface area contributed by atoms with Crippen LogP contribution in [0.3, 0.4) is 0 Å². The summed E-state index contributed by atoms with van der Waals surface area (Å²) in [5, 5.41) is 4.01. The number of piperidine rings is 1. The Hall–Kier alpha value is -3.71. The molecule has 1 aliphatic carbocycles. The molecule has 1 atom stereocenters. The van der Waals surface area contributed by atoms with E-state index in [1.165, 1.54) is 11.7 Å². The Morgan fingerprint density at radius 3 is 2.42 bits per heavy atom. The highest BCUT2D eigenvalue weighted by Crippen LogP contribution is 2.61. The van der Waals surface area contributed by atoms with Gasteiger partial charge in [-0.2, -0.15) is 0 Å². The molecule has 2 fully saturated rings. The number of halogens is 2. The Morgan fingerprint density at radius 2 is 1.81 bits per heavy atom. The highest BCUT2D eigenvalue weighted by atomic mass is 32.2. The standard InChI is InChI=1S/C35H45F2N3O7S/c1-22-16-29(45-5)26(24-10-13-40(30(22)24)32(42)47-33(2,3)4)19-39-14-11-34(20-35(36,37)21-34)18-28(39)25-9-8-23(31(41)46-6)17-27(25)38-12-15-48(7,43)44/h8-10,13,16-17,28,38H,11-12,14-15,18-21H2,1-7H3/t28-/m1/s1. The molecule has 5 rings (SSSR count). The number of alkyl halides is 2. The number of fused-ring (bicyclic) bond motifs is 1. The van der Waals surface area contributed by atoms with E-state index < -0.39 is 38.8 Å². The van der Waals surface area contributed by atoms with Crippen LogP contribution in [0.25, 0.3) is 10.9 Å². The molecule has 1 aromatic heterocycles. The molecule has 3 aromatic rings. The quantitative estimate of drug-likeness (QED) is 0.244. The fraction of sp³-hybridized carbons (Fsp3) is 0.543. The molecule has 1 aliphatic heterocycles. The van der Waals surface area contributed by atoms with E-state index in [0.717, 1.165) is 28.3 Å². The van der Waals surface area contributed by atoms with Crippen LogP contribution in [0.1, 0.15) is 79.5 Å². The van der Waals surface area contributed by atoms with Gasteiger partial charge < -0.3 is 19.5 Å². The molecule has 1 saturated heterocycles. The summed E-state index contributed by atoms with van der Waals surface area (Å²) in [4.78, 5) is 27.9. The third-order valence-corrected chi connectivity index (χ3v) is 10.2. The summed E-state index contributed by atoms with van der Waals surface area (Å²) < 4.78 is 70.6. The van der Waals surface area contributed by atoms with Crippen molar-refractivity contribution in [1.29, 1.82) is 0 Å². The molecular formula is C35H45F2N3O7S. The van der Waals surface area contributed by atoms with E-state index in [4.69, 9.17) is 14.2 Å². The van der Waals surface area contributed by atoms with Crippen molar-refractivity contribution in [2.45, 2.75) is 77.5 Å². The fourth-order valence-electron chi connectivity index (χ4n) is 7.23. The van der Waals surface area contributed by atoms with Crippen LogP contribution in [0.15, 0.2) is 36.5 Å². The van der Waals surface area contributed by atoms with Crippen molar-refractivity contribution in [3.05, 3.63) is 58.8 Å². The minimum Gasteiger partial charge on any atom is -0.496 e. The molecule has 2 aliphatic rings. The van der Waals surface area contributed by atoms with Gasteiger partial charge >= 0.3 is 12.1 Å². The molecule has 0 unspecified atom stereocenters. The number of hydrogen-bond donors (Lipinski definition) is 1. The van der Waals surface area contributed by atoms with Crippen LogP contribution < -0.4 is 10.1 Å². The lowest BCUT2D eigenvalue weighted by Gasteiger charge is -2.55. The molecule has 2 aromatic carbocycles. The zero-order valence-electron chi connectivity index (χ0n) is 28.6. The van der Waals surface area contributed by atoms with Gasteiger partial charge in [0, 0.05) is 61.1 Å². The van der Waals surface area contributed by atoms with Crippen molar-refractivity contribution in [1.82, 2.24) is 9.47 Å². The van der Waals surface area contributed by atoms with E-state index in [1.807, 2.05) is 19.1 Å². The minimum atomic E-state index is -3.28. The molecule has 1 saturated carbocycles. The van der Waals surface area contributed by atoms with E-state index in [-0.39, 0.29) is 36.7 Å². The van der Waals surface area contributed by atoms with Crippen molar-refractivity contribution in [2.24, 2.45) is 5.41 Å². The largest absolute Gasteiger partial charge is 0.496 e. The first-order valence-electron chi connectivity index (χ1n) is 16.0. The van der Waals surface area contributed by atoms with Gasteiger partial charge in [0.1, 0.15) is 21.2 Å². The van der Waals surface area contributed by atoms with Crippen molar-refractivity contribution in [3.63, 3.8) is 0 Å². The molecule has 0 bridgehead atoms. The predicted molar refractivity (Wildman–Crippen MR) is 180 cm³/mol. The molecule has 1 N–H and O–H groups in total. The van der Waals surface area contributed by atoms with Crippen molar-refractivity contribution >= 4 is 38.5 Å². The number of carbonyl (C=O) groups excluding carboxylic acids is 2. The minimum absolute atomic E-state index is 0.0942. The zero-order valence-corrected chi connectivity index (χ0v) is 29.4. The second-order valence-corrected chi connectivity index (χ2v) is 16.6. The lowest BCUT2D eigenvalue weighted by molar-refractivity contribution is -0.186. The van der Waals surface area contributed by atoms with Gasteiger partial charge in [0.2, 0.25) is 5.92 Å². The normalized spacial score (nSPS) is 19.1. The second kappa shape index (κ2) is 13.0. The maximum absolute atomic E-state index is 14.4. The van der Waals surface area contributed by atoms with Crippen LogP contribution in [0.5, 0.6) is 5.75 Å². The smallest absolute Gasteiger partial charge is 0.419 e. The number of aryl methyl sites for hydroxylation is 1. The summed E-state index contributed by atoms with van der Waals surface area (Å²) in [6.45, 7) is 8.29. The average Bonchev–Trinajstić information content (AvgIpc) is 3.43. The van der Waals surface area contributed by atoms with E-state index >= 15 is 0 Å². The second-order valence-electron chi connectivity index (χ2n) is 14.3. The summed E-state index contributed by atoms with van der Waals surface area (Å²) >= 11 is 0. The summed E-state index contributed by atoms with van der Waals surface area (Å²) in [6.07, 6.45) is 2.95. The number of benzene rings is 2. The van der Waals surface area contributed by atoms with Gasteiger partial charge in [-0.3, -0.25) is 9.47 Å². The van der Waals surface area contributed by atoms with Crippen molar-refractivity contribution in [2.75, 3.05) is 44.6 Å². The molecule has 262 valence electrons. The summed E-state index contributed by atoms with van der Waals surface area (Å²) in [6, 6.07) is 8.45. The number of sulfone groups is 1. The SMILES string of the molecule is COC(=O)c1ccc([C@H]2CC3(CCN2Cc2c(OC)cc(C)c4c2ccn4C(=O)OC(C)(C)C)CC(F)(F)C3)c(NCCS(C)(=O)=O)c1. The monoisotopic (exact) mass is 689 g/mol. The first kappa shape index (κ1) is 35.6. The maximum Gasteiger partial charge on any atom is 0.419 e. The van der Waals surface area contributed by atoms with Gasteiger partial charge in [-0.15, -0.1) is 0 Å². The topological polar surface area (TPSA) is 116 Å². The van der Waals surface area contributed by atoms with Gasteiger partial charge in [0.15, 0.2) is 0 Å². The highest BCUT2D eigenvalue weighted by Gasteiger charge is 2.58. The number of methoxy groups -OCH3 is 2. The Balaban J connectivity index is 1.58. The number of likely N-dealkylation sites (tertiary alicyclic amines) is 1. The van der Waals surface area contributed by atoms with Gasteiger partial charge in [0.25, 0.3) is 0 Å². The number of esters is 1. The maximum atomic E-state index is 14.4. The Bertz CT molecular complexity index is 1820. The Kier molecular flexibility index (Phi) is 9.61. The van der Waals surface area contributed by atoms with Gasteiger partial charge in [-0.25, -0.2) is 26.8 Å².